The summed E-state index contributed by atoms with van der Waals surface area (Å²) in [5.41, 5.74) is 1.15. The maximum atomic E-state index is 13.5. The zero-order chi connectivity index (χ0) is 17.5. The molecule has 0 saturated heterocycles. The molecule has 1 N–H and O–H groups in total. The Labute approximate surface area is 148 Å². The van der Waals surface area contributed by atoms with Crippen LogP contribution in [0.1, 0.15) is 18.9 Å². The molecule has 2 amide bonds. The van der Waals surface area contributed by atoms with Gasteiger partial charge in [-0.3, -0.25) is 9.59 Å². The number of rotatable bonds is 6. The van der Waals surface area contributed by atoms with Gasteiger partial charge in [-0.05, 0) is 24.3 Å². The molecule has 0 bridgehead atoms. The Kier molecular flexibility index (Phi) is 6.49. The van der Waals surface area contributed by atoms with E-state index >= 15 is 0 Å². The lowest BCUT2D eigenvalue weighted by Gasteiger charge is -2.21. The molecule has 0 aliphatic heterocycles. The largest absolute Gasteiger partial charge is 0.352 e. The van der Waals surface area contributed by atoms with Crippen molar-refractivity contribution in [2.75, 3.05) is 11.4 Å². The van der Waals surface area contributed by atoms with E-state index in [1.165, 1.54) is 17.9 Å². The van der Waals surface area contributed by atoms with Crippen LogP contribution >= 0.6 is 15.9 Å². The number of amides is 2. The Bertz CT molecular complexity index is 736. The van der Waals surface area contributed by atoms with Gasteiger partial charge in [-0.25, -0.2) is 4.39 Å². The molecule has 0 unspecified atom stereocenters. The summed E-state index contributed by atoms with van der Waals surface area (Å²) < 4.78 is 14.4. The van der Waals surface area contributed by atoms with Gasteiger partial charge in [-0.15, -0.1) is 0 Å². The van der Waals surface area contributed by atoms with Crippen molar-refractivity contribution in [1.82, 2.24) is 5.32 Å². The molecule has 0 fully saturated rings. The SMILES string of the molecule is CC(=O)N(CCC(=O)NCc1ccccc1F)c1cccc(Br)c1. The first-order valence-corrected chi connectivity index (χ1v) is 8.30. The van der Waals surface area contributed by atoms with Crippen molar-refractivity contribution in [3.63, 3.8) is 0 Å². The lowest BCUT2D eigenvalue weighted by molar-refractivity contribution is -0.121. The van der Waals surface area contributed by atoms with Gasteiger partial charge in [0, 0.05) is 42.2 Å². The van der Waals surface area contributed by atoms with Crippen molar-refractivity contribution in [3.05, 3.63) is 64.4 Å². The quantitative estimate of drug-likeness (QED) is 0.815. The van der Waals surface area contributed by atoms with Crippen molar-refractivity contribution < 1.29 is 14.0 Å². The number of hydrogen-bond acceptors (Lipinski definition) is 2. The normalized spacial score (nSPS) is 10.3. The smallest absolute Gasteiger partial charge is 0.223 e. The maximum Gasteiger partial charge on any atom is 0.223 e. The molecule has 2 aromatic carbocycles. The van der Waals surface area contributed by atoms with Crippen LogP contribution in [0.3, 0.4) is 0 Å². The van der Waals surface area contributed by atoms with Gasteiger partial charge in [0.15, 0.2) is 0 Å². The summed E-state index contributed by atoms with van der Waals surface area (Å²) in [6.45, 7) is 1.84. The van der Waals surface area contributed by atoms with Crippen LogP contribution in [0.4, 0.5) is 10.1 Å². The molecule has 0 atom stereocenters. The standard InChI is InChI=1S/C18H18BrFN2O2/c1-13(23)22(16-7-4-6-15(19)11-16)10-9-18(24)21-12-14-5-2-3-8-17(14)20/h2-8,11H,9-10,12H2,1H3,(H,21,24). The van der Waals surface area contributed by atoms with Crippen LogP contribution in [-0.4, -0.2) is 18.4 Å². The summed E-state index contributed by atoms with van der Waals surface area (Å²) in [7, 11) is 0. The van der Waals surface area contributed by atoms with Crippen LogP contribution in [0.25, 0.3) is 0 Å². The second kappa shape index (κ2) is 8.59. The highest BCUT2D eigenvalue weighted by molar-refractivity contribution is 9.10. The lowest BCUT2D eigenvalue weighted by Crippen LogP contribution is -2.33. The molecule has 0 aromatic heterocycles. The van der Waals surface area contributed by atoms with Gasteiger partial charge >= 0.3 is 0 Å². The average molecular weight is 393 g/mol. The summed E-state index contributed by atoms with van der Waals surface area (Å²) >= 11 is 3.36. The molecule has 0 heterocycles. The number of halogens is 2. The molecule has 2 rings (SSSR count). The maximum absolute atomic E-state index is 13.5. The third kappa shape index (κ3) is 5.16. The van der Waals surface area contributed by atoms with Gasteiger partial charge in [0.05, 0.1) is 0 Å². The van der Waals surface area contributed by atoms with Crippen LogP contribution in [0.5, 0.6) is 0 Å². The summed E-state index contributed by atoms with van der Waals surface area (Å²) in [6, 6.07) is 13.6. The van der Waals surface area contributed by atoms with Crippen molar-refractivity contribution in [3.8, 4) is 0 Å². The van der Waals surface area contributed by atoms with Crippen molar-refractivity contribution in [1.29, 1.82) is 0 Å². The second-order valence-corrected chi connectivity index (χ2v) is 6.18. The minimum Gasteiger partial charge on any atom is -0.352 e. The Morgan fingerprint density at radius 2 is 1.92 bits per heavy atom. The van der Waals surface area contributed by atoms with Gasteiger partial charge in [0.1, 0.15) is 5.82 Å². The minimum atomic E-state index is -0.350. The molecule has 2 aromatic rings. The summed E-state index contributed by atoms with van der Waals surface area (Å²) in [4.78, 5) is 25.3. The average Bonchev–Trinajstić information content (AvgIpc) is 2.54. The topological polar surface area (TPSA) is 49.4 Å². The fourth-order valence-electron chi connectivity index (χ4n) is 2.25. The fourth-order valence-corrected chi connectivity index (χ4v) is 2.64. The predicted octanol–water partition coefficient (Wildman–Crippen LogP) is 3.65. The molecule has 0 radical (unpaired) electrons. The molecular weight excluding hydrogens is 375 g/mol. The van der Waals surface area contributed by atoms with Crippen LogP contribution in [-0.2, 0) is 16.1 Å². The summed E-state index contributed by atoms with van der Waals surface area (Å²) in [5, 5.41) is 2.67. The highest BCUT2D eigenvalue weighted by Gasteiger charge is 2.14. The molecule has 0 aliphatic carbocycles. The fraction of sp³-hybridized carbons (Fsp3) is 0.222. The van der Waals surface area contributed by atoms with E-state index in [-0.39, 0.29) is 37.1 Å². The molecule has 0 saturated carbocycles. The monoisotopic (exact) mass is 392 g/mol. The molecule has 6 heteroatoms. The first-order valence-electron chi connectivity index (χ1n) is 7.51. The minimum absolute atomic E-state index is 0.127. The first kappa shape index (κ1) is 18.1. The van der Waals surface area contributed by atoms with E-state index in [0.29, 0.717) is 5.56 Å². The number of nitrogens with one attached hydrogen (secondary N) is 1. The van der Waals surface area contributed by atoms with Crippen LogP contribution in [0.2, 0.25) is 0 Å². The van der Waals surface area contributed by atoms with Crippen molar-refractivity contribution >= 4 is 33.4 Å². The molecule has 0 spiro atoms. The zero-order valence-corrected chi connectivity index (χ0v) is 14.8. The number of hydrogen-bond donors (Lipinski definition) is 1. The number of carbonyl (C=O) groups excluding carboxylic acids is 2. The van der Waals surface area contributed by atoms with E-state index in [0.717, 1.165) is 10.2 Å². The summed E-state index contributed by atoms with van der Waals surface area (Å²) in [6.07, 6.45) is 0.139. The number of anilines is 1. The van der Waals surface area contributed by atoms with Gasteiger partial charge in [0.25, 0.3) is 0 Å². The van der Waals surface area contributed by atoms with Gasteiger partial charge < -0.3 is 10.2 Å². The van der Waals surface area contributed by atoms with E-state index in [9.17, 15) is 14.0 Å². The predicted molar refractivity (Wildman–Crippen MR) is 95.0 cm³/mol. The lowest BCUT2D eigenvalue weighted by atomic mass is 10.2. The molecular formula is C18H18BrFN2O2. The second-order valence-electron chi connectivity index (χ2n) is 5.27. The Hall–Kier alpha value is -2.21. The van der Waals surface area contributed by atoms with Crippen molar-refractivity contribution in [2.24, 2.45) is 0 Å². The molecule has 0 aliphatic rings. The third-order valence-corrected chi connectivity index (χ3v) is 3.99. The third-order valence-electron chi connectivity index (χ3n) is 3.50. The Morgan fingerprint density at radius 3 is 2.58 bits per heavy atom. The molecule has 24 heavy (non-hydrogen) atoms. The van der Waals surface area contributed by atoms with E-state index < -0.39 is 0 Å². The van der Waals surface area contributed by atoms with Crippen LogP contribution in [0.15, 0.2) is 53.0 Å². The van der Waals surface area contributed by atoms with E-state index in [4.69, 9.17) is 0 Å². The summed E-state index contributed by atoms with van der Waals surface area (Å²) in [5.74, 6) is -0.730. The number of nitrogens with zero attached hydrogens (tertiary/aromatic N) is 1. The molecule has 4 nitrogen and oxygen atoms in total. The van der Waals surface area contributed by atoms with Gasteiger partial charge in [-0.1, -0.05) is 40.2 Å². The van der Waals surface area contributed by atoms with E-state index in [1.807, 2.05) is 24.3 Å². The van der Waals surface area contributed by atoms with Gasteiger partial charge in [-0.2, -0.15) is 0 Å². The zero-order valence-electron chi connectivity index (χ0n) is 13.3. The molecule has 126 valence electrons. The van der Waals surface area contributed by atoms with Crippen LogP contribution in [0, 0.1) is 5.82 Å². The Morgan fingerprint density at radius 1 is 1.17 bits per heavy atom. The van der Waals surface area contributed by atoms with Crippen molar-refractivity contribution in [2.45, 2.75) is 19.9 Å². The van der Waals surface area contributed by atoms with Gasteiger partial charge in [0.2, 0.25) is 11.8 Å². The number of benzene rings is 2. The van der Waals surface area contributed by atoms with Crippen LogP contribution < -0.4 is 10.2 Å². The first-order chi connectivity index (χ1) is 11.5. The number of carbonyl (C=O) groups is 2. The Balaban J connectivity index is 1.91. The van der Waals surface area contributed by atoms with E-state index in [2.05, 4.69) is 21.2 Å². The highest BCUT2D eigenvalue weighted by atomic mass is 79.9. The highest BCUT2D eigenvalue weighted by Crippen LogP contribution is 2.20. The van der Waals surface area contributed by atoms with E-state index in [1.54, 1.807) is 18.2 Å².